The van der Waals surface area contributed by atoms with Gasteiger partial charge in [0.25, 0.3) is 11.5 Å². The molecule has 1 aliphatic rings. The fraction of sp³-hybridized carbons (Fsp3) is 0.103. The summed E-state index contributed by atoms with van der Waals surface area (Å²) >= 11 is 2.83. The lowest BCUT2D eigenvalue weighted by atomic mass is 10.0. The first-order valence-electron chi connectivity index (χ1n) is 12.0. The first-order valence-corrected chi connectivity index (χ1v) is 13.7. The first kappa shape index (κ1) is 24.0. The van der Waals surface area contributed by atoms with Gasteiger partial charge in [-0.2, -0.15) is 5.10 Å². The van der Waals surface area contributed by atoms with Gasteiger partial charge in [-0.15, -0.1) is 11.3 Å². The van der Waals surface area contributed by atoms with E-state index in [1.807, 2.05) is 92.0 Å². The average molecular weight is 538 g/mol. The number of H-pyrrole nitrogens is 1. The molecule has 1 atom stereocenters. The number of allylic oxidation sites excluding steroid dienone is 1. The highest BCUT2D eigenvalue weighted by Gasteiger charge is 2.33. The Morgan fingerprint density at radius 2 is 1.84 bits per heavy atom. The van der Waals surface area contributed by atoms with Gasteiger partial charge in [-0.05, 0) is 43.0 Å². The SMILES string of the molecule is CC1=C(C(=O)Nc2ccccc2C)[C@H](c2cccs2)n2c(sc(=Cc3cn[nH]c3-c3ccccc3)c2=O)=N1. The second-order valence-electron chi connectivity index (χ2n) is 8.93. The fourth-order valence-electron chi connectivity index (χ4n) is 4.61. The van der Waals surface area contributed by atoms with Gasteiger partial charge in [-0.25, -0.2) is 4.99 Å². The van der Waals surface area contributed by atoms with Crippen LogP contribution in [0.4, 0.5) is 5.69 Å². The van der Waals surface area contributed by atoms with Crippen molar-refractivity contribution >= 4 is 40.3 Å². The molecule has 188 valence electrons. The molecule has 0 radical (unpaired) electrons. The second-order valence-corrected chi connectivity index (χ2v) is 10.9. The van der Waals surface area contributed by atoms with Crippen LogP contribution in [0, 0.1) is 6.92 Å². The molecule has 1 amide bonds. The van der Waals surface area contributed by atoms with Crippen molar-refractivity contribution in [3.63, 3.8) is 0 Å². The number of thiazole rings is 1. The number of hydrogen-bond donors (Lipinski definition) is 2. The second kappa shape index (κ2) is 9.85. The number of aromatic amines is 1. The summed E-state index contributed by atoms with van der Waals surface area (Å²) in [5.41, 5.74) is 5.17. The van der Waals surface area contributed by atoms with E-state index < -0.39 is 6.04 Å². The monoisotopic (exact) mass is 537 g/mol. The van der Waals surface area contributed by atoms with Gasteiger partial charge in [0, 0.05) is 21.7 Å². The summed E-state index contributed by atoms with van der Waals surface area (Å²) < 4.78 is 2.17. The van der Waals surface area contributed by atoms with Crippen LogP contribution in [-0.2, 0) is 4.79 Å². The molecule has 1 aliphatic heterocycles. The molecule has 2 N–H and O–H groups in total. The lowest BCUT2D eigenvalue weighted by Gasteiger charge is -2.24. The molecule has 0 saturated heterocycles. The number of nitrogens with one attached hydrogen (secondary N) is 2. The average Bonchev–Trinajstić information content (AvgIpc) is 3.67. The van der Waals surface area contributed by atoms with Crippen molar-refractivity contribution < 1.29 is 4.79 Å². The number of benzene rings is 2. The number of nitrogens with zero attached hydrogens (tertiary/aromatic N) is 3. The molecule has 2 aromatic carbocycles. The maximum atomic E-state index is 13.9. The molecule has 6 rings (SSSR count). The summed E-state index contributed by atoms with van der Waals surface area (Å²) in [5, 5.41) is 12.2. The quantitative estimate of drug-likeness (QED) is 0.342. The molecule has 4 heterocycles. The van der Waals surface area contributed by atoms with E-state index in [9.17, 15) is 9.59 Å². The predicted octanol–water partition coefficient (Wildman–Crippen LogP) is 4.63. The Bertz CT molecular complexity index is 1860. The Hall–Kier alpha value is -4.34. The highest BCUT2D eigenvalue weighted by Crippen LogP contribution is 2.33. The topological polar surface area (TPSA) is 92.1 Å². The number of aryl methyl sites for hydroxylation is 1. The number of rotatable bonds is 5. The number of aromatic nitrogens is 3. The van der Waals surface area contributed by atoms with Gasteiger partial charge in [0.15, 0.2) is 4.80 Å². The third-order valence-corrected chi connectivity index (χ3v) is 8.40. The van der Waals surface area contributed by atoms with Crippen molar-refractivity contribution in [2.75, 3.05) is 5.32 Å². The number of carbonyl (C=O) groups is 1. The largest absolute Gasteiger partial charge is 0.322 e. The van der Waals surface area contributed by atoms with E-state index in [0.29, 0.717) is 20.6 Å². The number of hydrogen-bond acceptors (Lipinski definition) is 6. The van der Waals surface area contributed by atoms with Crippen molar-refractivity contribution in [1.82, 2.24) is 14.8 Å². The van der Waals surface area contributed by atoms with Gasteiger partial charge in [-0.1, -0.05) is 65.9 Å². The van der Waals surface area contributed by atoms with Crippen LogP contribution in [-0.4, -0.2) is 20.7 Å². The van der Waals surface area contributed by atoms with Crippen LogP contribution in [0.3, 0.4) is 0 Å². The Morgan fingerprint density at radius 3 is 2.61 bits per heavy atom. The summed E-state index contributed by atoms with van der Waals surface area (Å²) in [5.74, 6) is -0.269. The summed E-state index contributed by atoms with van der Waals surface area (Å²) in [6, 6.07) is 20.8. The summed E-state index contributed by atoms with van der Waals surface area (Å²) in [6.45, 7) is 3.77. The maximum absolute atomic E-state index is 13.9. The normalized spacial score (nSPS) is 15.3. The minimum Gasteiger partial charge on any atom is -0.322 e. The molecule has 0 bridgehead atoms. The van der Waals surface area contributed by atoms with Crippen LogP contribution in [0.1, 0.15) is 29.0 Å². The van der Waals surface area contributed by atoms with Crippen molar-refractivity contribution in [2.45, 2.75) is 19.9 Å². The molecular weight excluding hydrogens is 514 g/mol. The van der Waals surface area contributed by atoms with Gasteiger partial charge in [0.1, 0.15) is 6.04 Å². The minimum absolute atomic E-state index is 0.193. The molecular formula is C29H23N5O2S2. The lowest BCUT2D eigenvalue weighted by Crippen LogP contribution is -2.40. The first-order chi connectivity index (χ1) is 18.5. The van der Waals surface area contributed by atoms with E-state index in [2.05, 4.69) is 15.5 Å². The highest BCUT2D eigenvalue weighted by molar-refractivity contribution is 7.10. The number of anilines is 1. The molecule has 3 aromatic heterocycles. The molecule has 0 aliphatic carbocycles. The molecule has 0 spiro atoms. The van der Waals surface area contributed by atoms with Gasteiger partial charge in [0.05, 0.1) is 27.7 Å². The van der Waals surface area contributed by atoms with Crippen molar-refractivity contribution in [1.29, 1.82) is 0 Å². The summed E-state index contributed by atoms with van der Waals surface area (Å²) in [7, 11) is 0. The highest BCUT2D eigenvalue weighted by atomic mass is 32.1. The molecule has 0 unspecified atom stereocenters. The van der Waals surface area contributed by atoms with E-state index in [1.165, 1.54) is 22.7 Å². The van der Waals surface area contributed by atoms with Gasteiger partial charge in [-0.3, -0.25) is 19.3 Å². The van der Waals surface area contributed by atoms with Crippen LogP contribution in [0.2, 0.25) is 0 Å². The zero-order valence-corrected chi connectivity index (χ0v) is 22.3. The third kappa shape index (κ3) is 4.25. The van der Waals surface area contributed by atoms with Crippen LogP contribution in [0.5, 0.6) is 0 Å². The van der Waals surface area contributed by atoms with E-state index >= 15 is 0 Å². The summed E-state index contributed by atoms with van der Waals surface area (Å²) in [6.07, 6.45) is 3.55. The third-order valence-electron chi connectivity index (χ3n) is 6.49. The van der Waals surface area contributed by atoms with E-state index in [4.69, 9.17) is 4.99 Å². The van der Waals surface area contributed by atoms with Crippen LogP contribution >= 0.6 is 22.7 Å². The Labute approximate surface area is 226 Å². The van der Waals surface area contributed by atoms with E-state index in [-0.39, 0.29) is 11.5 Å². The zero-order chi connectivity index (χ0) is 26.2. The van der Waals surface area contributed by atoms with Crippen molar-refractivity contribution in [2.24, 2.45) is 4.99 Å². The molecule has 0 fully saturated rings. The molecule has 7 nitrogen and oxygen atoms in total. The predicted molar refractivity (Wildman–Crippen MR) is 152 cm³/mol. The zero-order valence-electron chi connectivity index (χ0n) is 20.6. The maximum Gasteiger partial charge on any atom is 0.271 e. The van der Waals surface area contributed by atoms with Crippen LogP contribution < -0.4 is 20.2 Å². The lowest BCUT2D eigenvalue weighted by molar-refractivity contribution is -0.113. The standard InChI is InChI=1S/C29H23N5O2S2/c1-17-9-6-7-12-21(17)32-27(35)24-18(2)31-29-34(26(24)22-13-8-14-37-22)28(36)23(38-29)15-20-16-30-33-25(20)19-10-4-3-5-11-19/h3-16,26H,1-2H3,(H,30,33)(H,32,35)/t26-/m0/s1. The Kier molecular flexibility index (Phi) is 6.22. The molecule has 0 saturated carbocycles. The number of carbonyl (C=O) groups excluding carboxylic acids is 1. The van der Waals surface area contributed by atoms with Crippen LogP contribution in [0.25, 0.3) is 17.3 Å². The number of fused-ring (bicyclic) bond motifs is 1. The number of thiophene rings is 1. The van der Waals surface area contributed by atoms with Gasteiger partial charge < -0.3 is 5.32 Å². The summed E-state index contributed by atoms with van der Waals surface area (Å²) in [4.78, 5) is 33.7. The van der Waals surface area contributed by atoms with E-state index in [0.717, 1.165) is 32.9 Å². The molecule has 5 aromatic rings. The number of para-hydroxylation sites is 1. The fourth-order valence-corrected chi connectivity index (χ4v) is 6.47. The van der Waals surface area contributed by atoms with Crippen molar-refractivity contribution in [3.05, 3.63) is 125 Å². The molecule has 9 heteroatoms. The van der Waals surface area contributed by atoms with E-state index in [1.54, 1.807) is 10.8 Å². The smallest absolute Gasteiger partial charge is 0.271 e. The Balaban J connectivity index is 1.48. The van der Waals surface area contributed by atoms with Crippen molar-refractivity contribution in [3.8, 4) is 11.3 Å². The van der Waals surface area contributed by atoms with Gasteiger partial charge in [0.2, 0.25) is 0 Å². The Morgan fingerprint density at radius 1 is 1.05 bits per heavy atom. The van der Waals surface area contributed by atoms with Gasteiger partial charge >= 0.3 is 0 Å². The number of amides is 1. The van der Waals surface area contributed by atoms with Crippen LogP contribution in [0.15, 0.2) is 99.4 Å². The molecule has 38 heavy (non-hydrogen) atoms. The minimum atomic E-state index is -0.574.